The van der Waals surface area contributed by atoms with Crippen LogP contribution in [0.3, 0.4) is 0 Å². The van der Waals surface area contributed by atoms with Crippen molar-refractivity contribution in [2.45, 2.75) is 24.9 Å². The molecule has 1 unspecified atom stereocenters. The highest BCUT2D eigenvalue weighted by Crippen LogP contribution is 2.48. The van der Waals surface area contributed by atoms with Gasteiger partial charge in [-0.1, -0.05) is 75.0 Å². The second-order valence-corrected chi connectivity index (χ2v) is 7.81. The summed E-state index contributed by atoms with van der Waals surface area (Å²) >= 11 is 20.7. The lowest BCUT2D eigenvalue weighted by atomic mass is 9.91. The van der Waals surface area contributed by atoms with Crippen molar-refractivity contribution in [2.24, 2.45) is 0 Å². The molecule has 2 aromatic carbocycles. The smallest absolute Gasteiger partial charge is 0.195 e. The Bertz CT molecular complexity index is 855. The number of halogens is 9. The van der Waals surface area contributed by atoms with Crippen LogP contribution in [-0.4, -0.2) is 12.1 Å². The van der Waals surface area contributed by atoms with Gasteiger partial charge >= 0.3 is 12.1 Å². The minimum absolute atomic E-state index is 0.123. The van der Waals surface area contributed by atoms with Crippen LogP contribution in [0.4, 0.5) is 22.0 Å². The molecular weight excluding hydrogens is 497 g/mol. The van der Waals surface area contributed by atoms with E-state index >= 15 is 0 Å². The van der Waals surface area contributed by atoms with Gasteiger partial charge in [0.15, 0.2) is 0 Å². The third-order valence-corrected chi connectivity index (χ3v) is 5.86. The lowest BCUT2D eigenvalue weighted by Gasteiger charge is -2.27. The molecule has 0 N–H and O–H groups in total. The molecule has 146 valence electrons. The fourth-order valence-electron chi connectivity index (χ4n) is 2.29. The standard InChI is InChI=1S/C18H11BrCl3F5/c1-9-2-3-10(6-13(9)19)4-5-12(17(23,24)18(25,26)27)11-7-14(20)16(22)15(21)8-11/h2-8,12H,1H3/b5-4+. The summed E-state index contributed by atoms with van der Waals surface area (Å²) in [6.07, 6.45) is -3.81. The number of hydrogen-bond acceptors (Lipinski definition) is 0. The summed E-state index contributed by atoms with van der Waals surface area (Å²) in [5.41, 5.74) is 0.932. The van der Waals surface area contributed by atoms with Crippen molar-refractivity contribution in [3.8, 4) is 0 Å². The predicted octanol–water partition coefficient (Wildman–Crippen LogP) is 8.71. The zero-order valence-electron chi connectivity index (χ0n) is 13.5. The van der Waals surface area contributed by atoms with Crippen LogP contribution >= 0.6 is 50.7 Å². The zero-order chi connectivity index (χ0) is 20.6. The van der Waals surface area contributed by atoms with Crippen molar-refractivity contribution in [3.05, 3.63) is 72.6 Å². The molecule has 0 aromatic heterocycles. The van der Waals surface area contributed by atoms with Crippen LogP contribution in [-0.2, 0) is 0 Å². The van der Waals surface area contributed by atoms with E-state index in [9.17, 15) is 22.0 Å². The first kappa shape index (κ1) is 22.5. The highest BCUT2D eigenvalue weighted by molar-refractivity contribution is 9.10. The molecule has 0 saturated heterocycles. The maximum atomic E-state index is 14.2. The second-order valence-electron chi connectivity index (χ2n) is 5.76. The Hall–Kier alpha value is -0.820. The average Bonchev–Trinajstić information content (AvgIpc) is 2.54. The number of hydrogen-bond donors (Lipinski definition) is 0. The molecule has 27 heavy (non-hydrogen) atoms. The summed E-state index contributed by atoms with van der Waals surface area (Å²) in [4.78, 5) is 0. The molecule has 0 nitrogen and oxygen atoms in total. The van der Waals surface area contributed by atoms with Crippen molar-refractivity contribution in [1.82, 2.24) is 0 Å². The third kappa shape index (κ3) is 4.97. The number of allylic oxidation sites excluding steroid dienone is 1. The van der Waals surface area contributed by atoms with Gasteiger partial charge in [0.05, 0.1) is 21.0 Å². The Kier molecular flexibility index (Phi) is 6.89. The van der Waals surface area contributed by atoms with Gasteiger partial charge in [-0.3, -0.25) is 0 Å². The molecule has 0 radical (unpaired) electrons. The van der Waals surface area contributed by atoms with E-state index in [2.05, 4.69) is 15.9 Å². The van der Waals surface area contributed by atoms with Crippen molar-refractivity contribution in [3.63, 3.8) is 0 Å². The van der Waals surface area contributed by atoms with Crippen LogP contribution in [0.5, 0.6) is 0 Å². The quantitative estimate of drug-likeness (QED) is 0.286. The van der Waals surface area contributed by atoms with Crippen LogP contribution in [0.25, 0.3) is 6.08 Å². The molecule has 0 heterocycles. The van der Waals surface area contributed by atoms with Crippen molar-refractivity contribution in [2.75, 3.05) is 0 Å². The Balaban J connectivity index is 2.57. The van der Waals surface area contributed by atoms with Gasteiger partial charge in [-0.25, -0.2) is 0 Å². The van der Waals surface area contributed by atoms with Crippen LogP contribution in [0, 0.1) is 6.92 Å². The topological polar surface area (TPSA) is 0 Å². The van der Waals surface area contributed by atoms with Gasteiger partial charge < -0.3 is 0 Å². The predicted molar refractivity (Wildman–Crippen MR) is 103 cm³/mol. The minimum Gasteiger partial charge on any atom is -0.195 e. The van der Waals surface area contributed by atoms with Crippen molar-refractivity contribution < 1.29 is 22.0 Å². The highest BCUT2D eigenvalue weighted by Gasteiger charge is 2.61. The summed E-state index contributed by atoms with van der Waals surface area (Å²) in [5.74, 6) is -7.39. The van der Waals surface area contributed by atoms with Gasteiger partial charge in [0.2, 0.25) is 0 Å². The molecule has 0 aliphatic rings. The molecule has 0 fully saturated rings. The van der Waals surface area contributed by atoms with Crippen LogP contribution in [0.15, 0.2) is 40.9 Å². The summed E-state index contributed by atoms with van der Waals surface area (Å²) in [6.45, 7) is 1.82. The maximum Gasteiger partial charge on any atom is 0.454 e. The molecule has 1 atom stereocenters. The first-order valence-electron chi connectivity index (χ1n) is 7.38. The fraction of sp³-hybridized carbons (Fsp3) is 0.222. The SMILES string of the molecule is Cc1ccc(/C=C/C(c2cc(Cl)c(Cl)c(Cl)c2)C(F)(F)C(F)(F)F)cc1Br. The number of alkyl halides is 5. The first-order valence-corrected chi connectivity index (χ1v) is 9.30. The first-order chi connectivity index (χ1) is 12.3. The van der Waals surface area contributed by atoms with E-state index in [4.69, 9.17) is 34.8 Å². The van der Waals surface area contributed by atoms with Gasteiger partial charge in [-0.15, -0.1) is 0 Å². The van der Waals surface area contributed by atoms with E-state index < -0.39 is 23.6 Å². The van der Waals surface area contributed by atoms with Gasteiger partial charge in [0.1, 0.15) is 0 Å². The van der Waals surface area contributed by atoms with Crippen LogP contribution < -0.4 is 0 Å². The molecule has 2 rings (SSSR count). The highest BCUT2D eigenvalue weighted by atomic mass is 79.9. The van der Waals surface area contributed by atoms with Crippen LogP contribution in [0.1, 0.15) is 22.6 Å². The van der Waals surface area contributed by atoms with Crippen molar-refractivity contribution >= 4 is 56.8 Å². The molecule has 2 aromatic rings. The lowest BCUT2D eigenvalue weighted by molar-refractivity contribution is -0.286. The minimum atomic E-state index is -5.77. The molecule has 0 aliphatic carbocycles. The second kappa shape index (κ2) is 8.27. The third-order valence-electron chi connectivity index (χ3n) is 3.81. The van der Waals surface area contributed by atoms with Crippen molar-refractivity contribution in [1.29, 1.82) is 0 Å². The van der Waals surface area contributed by atoms with Gasteiger partial charge in [-0.2, -0.15) is 22.0 Å². The Morgan fingerprint density at radius 2 is 1.52 bits per heavy atom. The monoisotopic (exact) mass is 506 g/mol. The molecule has 0 aliphatic heterocycles. The van der Waals surface area contributed by atoms with E-state index in [-0.39, 0.29) is 15.1 Å². The molecule has 0 saturated carbocycles. The number of aryl methyl sites for hydroxylation is 1. The normalized spacial score (nSPS) is 14.0. The van der Waals surface area contributed by atoms with Gasteiger partial charge in [0.25, 0.3) is 0 Å². The number of benzene rings is 2. The van der Waals surface area contributed by atoms with Gasteiger partial charge in [0, 0.05) is 4.47 Å². The fourth-order valence-corrected chi connectivity index (χ4v) is 3.30. The summed E-state index contributed by atoms with van der Waals surface area (Å²) in [7, 11) is 0. The molecule has 0 bridgehead atoms. The maximum absolute atomic E-state index is 14.2. The summed E-state index contributed by atoms with van der Waals surface area (Å²) in [6, 6.07) is 6.82. The van der Waals surface area contributed by atoms with E-state index in [1.807, 2.05) is 6.92 Å². The van der Waals surface area contributed by atoms with E-state index in [0.29, 0.717) is 10.0 Å². The Labute approximate surface area is 176 Å². The number of rotatable bonds is 4. The van der Waals surface area contributed by atoms with E-state index in [1.54, 1.807) is 18.2 Å². The lowest BCUT2D eigenvalue weighted by Crippen LogP contribution is -2.41. The zero-order valence-corrected chi connectivity index (χ0v) is 17.4. The molecule has 9 heteroatoms. The van der Waals surface area contributed by atoms with E-state index in [0.717, 1.165) is 23.8 Å². The largest absolute Gasteiger partial charge is 0.454 e. The van der Waals surface area contributed by atoms with E-state index in [1.165, 1.54) is 6.08 Å². The van der Waals surface area contributed by atoms with Gasteiger partial charge in [-0.05, 0) is 41.8 Å². The average molecular weight is 509 g/mol. The molecular formula is C18H11BrCl3F5. The Morgan fingerprint density at radius 1 is 0.963 bits per heavy atom. The summed E-state index contributed by atoms with van der Waals surface area (Å²) < 4.78 is 68.1. The van der Waals surface area contributed by atoms with Crippen LogP contribution in [0.2, 0.25) is 15.1 Å². The summed E-state index contributed by atoms with van der Waals surface area (Å²) in [5, 5.41) is -0.551. The molecule has 0 amide bonds. The molecule has 0 spiro atoms. The Morgan fingerprint density at radius 3 is 2.00 bits per heavy atom.